The number of benzene rings is 2. The second-order valence-electron chi connectivity index (χ2n) is 4.94. The normalized spacial score (nSPS) is 13.9. The maximum atomic E-state index is 13.6. The van der Waals surface area contributed by atoms with Crippen LogP contribution in [0.25, 0.3) is 11.1 Å². The number of hydrogen-bond acceptors (Lipinski definition) is 1. The van der Waals surface area contributed by atoms with Crippen LogP contribution in [0.2, 0.25) is 0 Å². The molecule has 102 valence electrons. The minimum absolute atomic E-state index is 0.575. The molecule has 1 aliphatic rings. The number of carbonyl (C=O) groups is 1. The molecule has 4 heteroatoms. The van der Waals surface area contributed by atoms with E-state index in [2.05, 4.69) is 0 Å². The lowest BCUT2D eigenvalue weighted by atomic mass is 9.91. The Labute approximate surface area is 114 Å². The van der Waals surface area contributed by atoms with Crippen LogP contribution >= 0.6 is 0 Å². The van der Waals surface area contributed by atoms with Gasteiger partial charge < -0.3 is 5.11 Å². The maximum Gasteiger partial charge on any atom is 0.374 e. The Bertz CT molecular complexity index is 634. The summed E-state index contributed by atoms with van der Waals surface area (Å²) in [5, 5.41) is 8.65. The molecule has 0 amide bonds. The van der Waals surface area contributed by atoms with Gasteiger partial charge in [0.05, 0.1) is 0 Å². The summed E-state index contributed by atoms with van der Waals surface area (Å²) in [7, 11) is 0. The van der Waals surface area contributed by atoms with E-state index in [-0.39, 0.29) is 0 Å². The van der Waals surface area contributed by atoms with Crippen LogP contribution in [0.15, 0.2) is 48.5 Å². The number of carboxylic acids is 1. The van der Waals surface area contributed by atoms with Gasteiger partial charge in [-0.25, -0.2) is 4.79 Å². The Morgan fingerprint density at radius 3 is 1.90 bits per heavy atom. The van der Waals surface area contributed by atoms with Crippen molar-refractivity contribution in [3.63, 3.8) is 0 Å². The van der Waals surface area contributed by atoms with E-state index in [1.165, 1.54) is 0 Å². The molecule has 2 aromatic rings. The summed E-state index contributed by atoms with van der Waals surface area (Å²) in [5.41, 5.74) is 3.37. The van der Waals surface area contributed by atoms with Gasteiger partial charge in [0, 0.05) is 12.3 Å². The standard InChI is InChI=1S/C16H12F2O2/c17-16(18,15(19)20)9-14-12-7-3-1-5-10(12)11-6-2-4-8-13(11)14/h1-8,14H,9H2,(H,19,20). The first-order valence-corrected chi connectivity index (χ1v) is 6.30. The van der Waals surface area contributed by atoms with E-state index in [4.69, 9.17) is 5.11 Å². The SMILES string of the molecule is O=C(O)C(F)(F)CC1c2ccccc2-c2ccccc21. The van der Waals surface area contributed by atoms with Crippen LogP contribution in [0.1, 0.15) is 23.5 Å². The summed E-state index contributed by atoms with van der Waals surface area (Å²) < 4.78 is 27.2. The van der Waals surface area contributed by atoms with Crippen LogP contribution < -0.4 is 0 Å². The summed E-state index contributed by atoms with van der Waals surface area (Å²) in [5.74, 6) is -6.37. The van der Waals surface area contributed by atoms with Crippen LogP contribution in [0.3, 0.4) is 0 Å². The van der Waals surface area contributed by atoms with Gasteiger partial charge in [-0.05, 0) is 22.3 Å². The minimum Gasteiger partial charge on any atom is -0.477 e. The quantitative estimate of drug-likeness (QED) is 0.921. The van der Waals surface area contributed by atoms with Gasteiger partial charge in [-0.1, -0.05) is 48.5 Å². The summed E-state index contributed by atoms with van der Waals surface area (Å²) in [6.07, 6.45) is -0.712. The molecule has 0 fully saturated rings. The molecule has 0 aliphatic heterocycles. The largest absolute Gasteiger partial charge is 0.477 e. The van der Waals surface area contributed by atoms with Crippen molar-refractivity contribution in [2.75, 3.05) is 0 Å². The first-order chi connectivity index (χ1) is 9.50. The van der Waals surface area contributed by atoms with E-state index in [0.29, 0.717) is 0 Å². The molecular formula is C16H12F2O2. The Morgan fingerprint density at radius 2 is 1.45 bits per heavy atom. The maximum absolute atomic E-state index is 13.6. The van der Waals surface area contributed by atoms with Gasteiger partial charge in [0.1, 0.15) is 0 Å². The third kappa shape index (κ3) is 1.88. The Kier molecular flexibility index (Phi) is 2.82. The molecule has 3 rings (SSSR count). The zero-order valence-electron chi connectivity index (χ0n) is 10.5. The van der Waals surface area contributed by atoms with E-state index in [1.54, 1.807) is 24.3 Å². The Morgan fingerprint density at radius 1 is 1.00 bits per heavy atom. The van der Waals surface area contributed by atoms with Crippen molar-refractivity contribution in [1.29, 1.82) is 0 Å². The summed E-state index contributed by atoms with van der Waals surface area (Å²) in [4.78, 5) is 10.7. The first-order valence-electron chi connectivity index (χ1n) is 6.30. The molecule has 2 aromatic carbocycles. The highest BCUT2D eigenvalue weighted by Crippen LogP contribution is 2.48. The molecule has 0 heterocycles. The predicted molar refractivity (Wildman–Crippen MR) is 70.9 cm³/mol. The van der Waals surface area contributed by atoms with Crippen molar-refractivity contribution in [3.05, 3.63) is 59.7 Å². The van der Waals surface area contributed by atoms with E-state index in [9.17, 15) is 13.6 Å². The molecule has 0 spiro atoms. The van der Waals surface area contributed by atoms with E-state index in [1.807, 2.05) is 24.3 Å². The van der Waals surface area contributed by atoms with Crippen molar-refractivity contribution in [2.45, 2.75) is 18.3 Å². The Balaban J connectivity index is 2.10. The fraction of sp³-hybridized carbons (Fsp3) is 0.188. The van der Waals surface area contributed by atoms with E-state index in [0.717, 1.165) is 22.3 Å². The summed E-state index contributed by atoms with van der Waals surface area (Å²) in [6.45, 7) is 0. The lowest BCUT2D eigenvalue weighted by Gasteiger charge is -2.18. The van der Waals surface area contributed by atoms with Crippen molar-refractivity contribution < 1.29 is 18.7 Å². The molecule has 0 atom stereocenters. The number of aliphatic carboxylic acids is 1. The van der Waals surface area contributed by atoms with Crippen LogP contribution in [0.4, 0.5) is 8.78 Å². The molecule has 1 N–H and O–H groups in total. The molecule has 2 nitrogen and oxygen atoms in total. The van der Waals surface area contributed by atoms with Gasteiger partial charge in [-0.15, -0.1) is 0 Å². The molecule has 0 radical (unpaired) electrons. The summed E-state index contributed by atoms with van der Waals surface area (Å²) >= 11 is 0. The number of rotatable bonds is 3. The minimum atomic E-state index is -3.73. The zero-order chi connectivity index (χ0) is 14.3. The van der Waals surface area contributed by atoms with Crippen molar-refractivity contribution in [3.8, 4) is 11.1 Å². The van der Waals surface area contributed by atoms with Gasteiger partial charge in [0.15, 0.2) is 0 Å². The number of hydrogen-bond donors (Lipinski definition) is 1. The number of halogens is 2. The highest BCUT2D eigenvalue weighted by molar-refractivity contribution is 5.80. The van der Waals surface area contributed by atoms with Gasteiger partial charge in [-0.2, -0.15) is 8.78 Å². The van der Waals surface area contributed by atoms with Gasteiger partial charge in [-0.3, -0.25) is 0 Å². The van der Waals surface area contributed by atoms with Crippen LogP contribution in [0, 0.1) is 0 Å². The van der Waals surface area contributed by atoms with Gasteiger partial charge in [0.25, 0.3) is 0 Å². The molecular weight excluding hydrogens is 262 g/mol. The van der Waals surface area contributed by atoms with Crippen LogP contribution in [0.5, 0.6) is 0 Å². The second-order valence-corrected chi connectivity index (χ2v) is 4.94. The highest BCUT2D eigenvalue weighted by Gasteiger charge is 2.44. The molecule has 0 unspecified atom stereocenters. The molecule has 0 bridgehead atoms. The topological polar surface area (TPSA) is 37.3 Å². The lowest BCUT2D eigenvalue weighted by Crippen LogP contribution is -2.30. The molecule has 0 aromatic heterocycles. The average molecular weight is 274 g/mol. The molecule has 0 saturated carbocycles. The third-order valence-corrected chi connectivity index (χ3v) is 3.74. The van der Waals surface area contributed by atoms with E-state index < -0.39 is 24.2 Å². The summed E-state index contributed by atoms with van der Waals surface area (Å²) in [6, 6.07) is 14.6. The number of fused-ring (bicyclic) bond motifs is 3. The Hall–Kier alpha value is -2.23. The molecule has 20 heavy (non-hydrogen) atoms. The van der Waals surface area contributed by atoms with Crippen molar-refractivity contribution in [2.24, 2.45) is 0 Å². The number of alkyl halides is 2. The second kappa shape index (κ2) is 4.40. The fourth-order valence-corrected chi connectivity index (χ4v) is 2.82. The van der Waals surface area contributed by atoms with Crippen molar-refractivity contribution >= 4 is 5.97 Å². The monoisotopic (exact) mass is 274 g/mol. The third-order valence-electron chi connectivity index (χ3n) is 3.74. The van der Waals surface area contributed by atoms with Crippen molar-refractivity contribution in [1.82, 2.24) is 0 Å². The van der Waals surface area contributed by atoms with Gasteiger partial charge >= 0.3 is 11.9 Å². The first kappa shape index (κ1) is 12.8. The smallest absolute Gasteiger partial charge is 0.374 e. The average Bonchev–Trinajstić information content (AvgIpc) is 2.74. The lowest BCUT2D eigenvalue weighted by molar-refractivity contribution is -0.166. The van der Waals surface area contributed by atoms with E-state index >= 15 is 0 Å². The predicted octanol–water partition coefficient (Wildman–Crippen LogP) is 3.91. The number of carboxylic acid groups (broad SMARTS) is 1. The van der Waals surface area contributed by atoms with Crippen LogP contribution in [-0.4, -0.2) is 17.0 Å². The van der Waals surface area contributed by atoms with Crippen LogP contribution in [-0.2, 0) is 4.79 Å². The van der Waals surface area contributed by atoms with Gasteiger partial charge in [0.2, 0.25) is 0 Å². The molecule has 1 aliphatic carbocycles. The molecule has 0 saturated heterocycles. The fourth-order valence-electron chi connectivity index (χ4n) is 2.82. The highest BCUT2D eigenvalue weighted by atomic mass is 19.3. The zero-order valence-corrected chi connectivity index (χ0v) is 10.5.